The average Bonchev–Trinajstić information content (AvgIpc) is 2.47. The molecule has 0 aliphatic rings. The smallest absolute Gasteiger partial charge is 0.188 e. The molecule has 0 N–H and O–H groups in total. The maximum absolute atomic E-state index is 5.65. The number of aryl methyl sites for hydroxylation is 1. The average molecular weight is 380 g/mol. The van der Waals surface area contributed by atoms with E-state index in [0.29, 0.717) is 0 Å². The summed E-state index contributed by atoms with van der Waals surface area (Å²) in [7, 11) is 1.62. The first kappa shape index (κ1) is 15.1. The van der Waals surface area contributed by atoms with Crippen LogP contribution in [0.3, 0.4) is 0 Å². The summed E-state index contributed by atoms with van der Waals surface area (Å²) < 4.78 is 12.6. The Hall–Kier alpha value is -1.33. The SMILES string of the molecule is COCOc1cccc(-c2ccc(C)cc2)c1/C=C/I. The number of halogens is 1. The van der Waals surface area contributed by atoms with Gasteiger partial charge in [-0.1, -0.05) is 64.6 Å². The van der Waals surface area contributed by atoms with E-state index in [1.807, 2.05) is 16.2 Å². The topological polar surface area (TPSA) is 18.5 Å². The summed E-state index contributed by atoms with van der Waals surface area (Å²) in [5, 5.41) is 0. The molecule has 0 saturated heterocycles. The van der Waals surface area contributed by atoms with Crippen molar-refractivity contribution >= 4 is 28.7 Å². The zero-order valence-electron chi connectivity index (χ0n) is 11.6. The van der Waals surface area contributed by atoms with Gasteiger partial charge in [0.1, 0.15) is 5.75 Å². The van der Waals surface area contributed by atoms with Gasteiger partial charge in [-0.05, 0) is 34.3 Å². The third-order valence-corrected chi connectivity index (χ3v) is 3.35. The van der Waals surface area contributed by atoms with Crippen LogP contribution in [0.1, 0.15) is 11.1 Å². The van der Waals surface area contributed by atoms with Crippen molar-refractivity contribution in [2.45, 2.75) is 6.92 Å². The first-order valence-corrected chi connectivity index (χ1v) is 7.59. The molecule has 2 rings (SSSR count). The van der Waals surface area contributed by atoms with Crippen LogP contribution in [0, 0.1) is 6.92 Å². The fraction of sp³-hybridized carbons (Fsp3) is 0.176. The Kier molecular flexibility index (Phi) is 5.61. The largest absolute Gasteiger partial charge is 0.467 e. The van der Waals surface area contributed by atoms with Crippen molar-refractivity contribution in [1.29, 1.82) is 0 Å². The van der Waals surface area contributed by atoms with Crippen molar-refractivity contribution < 1.29 is 9.47 Å². The lowest BCUT2D eigenvalue weighted by molar-refractivity contribution is 0.0510. The van der Waals surface area contributed by atoms with Crippen molar-refractivity contribution in [3.63, 3.8) is 0 Å². The highest BCUT2D eigenvalue weighted by molar-refractivity contribution is 14.1. The first-order chi connectivity index (χ1) is 9.76. The Morgan fingerprint density at radius 2 is 1.85 bits per heavy atom. The monoisotopic (exact) mass is 380 g/mol. The molecule has 0 aliphatic heterocycles. The molecule has 0 heterocycles. The molecule has 0 bridgehead atoms. The molecule has 0 unspecified atom stereocenters. The van der Waals surface area contributed by atoms with Gasteiger partial charge in [0.05, 0.1) is 0 Å². The molecule has 2 nitrogen and oxygen atoms in total. The van der Waals surface area contributed by atoms with Crippen molar-refractivity contribution in [2.75, 3.05) is 13.9 Å². The molecular formula is C17H17IO2. The lowest BCUT2D eigenvalue weighted by atomic mass is 9.98. The highest BCUT2D eigenvalue weighted by atomic mass is 127. The summed E-state index contributed by atoms with van der Waals surface area (Å²) >= 11 is 2.22. The minimum absolute atomic E-state index is 0.249. The zero-order valence-corrected chi connectivity index (χ0v) is 13.8. The van der Waals surface area contributed by atoms with E-state index in [1.165, 1.54) is 11.1 Å². The highest BCUT2D eigenvalue weighted by Gasteiger charge is 2.08. The Labute approximate surface area is 133 Å². The van der Waals surface area contributed by atoms with Crippen LogP contribution < -0.4 is 4.74 Å². The molecule has 0 aromatic heterocycles. The van der Waals surface area contributed by atoms with Crippen LogP contribution in [0.15, 0.2) is 46.5 Å². The normalized spacial score (nSPS) is 10.9. The minimum atomic E-state index is 0.249. The van der Waals surface area contributed by atoms with Gasteiger partial charge >= 0.3 is 0 Å². The summed E-state index contributed by atoms with van der Waals surface area (Å²) in [5.41, 5.74) is 4.67. The Morgan fingerprint density at radius 1 is 1.10 bits per heavy atom. The number of methoxy groups -OCH3 is 1. The Morgan fingerprint density at radius 3 is 2.50 bits per heavy atom. The quantitative estimate of drug-likeness (QED) is 0.534. The standard InChI is InChI=1S/C17H17IO2/c1-13-6-8-14(9-7-13)15-4-3-5-17(20-12-19-2)16(15)10-11-18/h3-11H,12H2,1-2H3/b11-10+. The Balaban J connectivity index is 2.48. The van der Waals surface area contributed by atoms with E-state index in [2.05, 4.69) is 65.9 Å². The van der Waals surface area contributed by atoms with Gasteiger partial charge in [0.25, 0.3) is 0 Å². The number of hydrogen-bond acceptors (Lipinski definition) is 2. The van der Waals surface area contributed by atoms with Crippen LogP contribution in [0.25, 0.3) is 17.2 Å². The van der Waals surface area contributed by atoms with Gasteiger partial charge < -0.3 is 9.47 Å². The second kappa shape index (κ2) is 7.45. The third kappa shape index (κ3) is 3.61. The van der Waals surface area contributed by atoms with Gasteiger partial charge in [0.2, 0.25) is 0 Å². The van der Waals surface area contributed by atoms with E-state index in [9.17, 15) is 0 Å². The van der Waals surface area contributed by atoms with Crippen LogP contribution >= 0.6 is 22.6 Å². The van der Waals surface area contributed by atoms with Crippen LogP contribution in [0.5, 0.6) is 5.75 Å². The summed E-state index contributed by atoms with van der Waals surface area (Å²) in [5.74, 6) is 0.831. The van der Waals surface area contributed by atoms with Gasteiger partial charge in [-0.2, -0.15) is 0 Å². The highest BCUT2D eigenvalue weighted by Crippen LogP contribution is 2.32. The molecule has 20 heavy (non-hydrogen) atoms. The molecule has 0 atom stereocenters. The maximum Gasteiger partial charge on any atom is 0.188 e. The van der Waals surface area contributed by atoms with E-state index in [-0.39, 0.29) is 6.79 Å². The van der Waals surface area contributed by atoms with Gasteiger partial charge in [-0.3, -0.25) is 0 Å². The molecule has 0 radical (unpaired) electrons. The van der Waals surface area contributed by atoms with Crippen molar-refractivity contribution in [2.24, 2.45) is 0 Å². The van der Waals surface area contributed by atoms with Gasteiger partial charge in [0.15, 0.2) is 6.79 Å². The molecule has 2 aromatic rings. The van der Waals surface area contributed by atoms with Crippen molar-refractivity contribution in [3.05, 3.63) is 57.7 Å². The number of ether oxygens (including phenoxy) is 2. The summed E-state index contributed by atoms with van der Waals surface area (Å²) in [6.45, 7) is 2.34. The summed E-state index contributed by atoms with van der Waals surface area (Å²) in [6.07, 6.45) is 2.06. The van der Waals surface area contributed by atoms with E-state index < -0.39 is 0 Å². The van der Waals surface area contributed by atoms with Crippen molar-refractivity contribution in [1.82, 2.24) is 0 Å². The third-order valence-electron chi connectivity index (χ3n) is 2.99. The molecule has 0 amide bonds. The lowest BCUT2D eigenvalue weighted by Crippen LogP contribution is -2.01. The molecule has 104 valence electrons. The molecular weight excluding hydrogens is 363 g/mol. The number of benzene rings is 2. The Bertz CT molecular complexity index is 588. The number of hydrogen-bond donors (Lipinski definition) is 0. The van der Waals surface area contributed by atoms with Crippen LogP contribution in [0.4, 0.5) is 0 Å². The predicted molar refractivity (Wildman–Crippen MR) is 92.2 cm³/mol. The molecule has 0 aliphatic carbocycles. The van der Waals surface area contributed by atoms with Gasteiger partial charge in [-0.15, -0.1) is 0 Å². The lowest BCUT2D eigenvalue weighted by Gasteiger charge is -2.13. The molecule has 2 aromatic carbocycles. The fourth-order valence-corrected chi connectivity index (χ4v) is 2.37. The van der Waals surface area contributed by atoms with Gasteiger partial charge in [-0.25, -0.2) is 0 Å². The minimum Gasteiger partial charge on any atom is -0.467 e. The van der Waals surface area contributed by atoms with E-state index in [0.717, 1.165) is 16.9 Å². The van der Waals surface area contributed by atoms with Crippen LogP contribution in [-0.4, -0.2) is 13.9 Å². The van der Waals surface area contributed by atoms with Gasteiger partial charge in [0, 0.05) is 12.7 Å². The summed E-state index contributed by atoms with van der Waals surface area (Å²) in [4.78, 5) is 0. The number of rotatable bonds is 5. The van der Waals surface area contributed by atoms with Crippen molar-refractivity contribution in [3.8, 4) is 16.9 Å². The fourth-order valence-electron chi connectivity index (χ4n) is 2.01. The second-order valence-corrected chi connectivity index (χ2v) is 5.15. The molecule has 3 heteroatoms. The van der Waals surface area contributed by atoms with E-state index in [1.54, 1.807) is 7.11 Å². The van der Waals surface area contributed by atoms with Crippen LogP contribution in [0.2, 0.25) is 0 Å². The summed E-state index contributed by atoms with van der Waals surface area (Å²) in [6, 6.07) is 14.6. The molecule has 0 spiro atoms. The van der Waals surface area contributed by atoms with E-state index in [4.69, 9.17) is 9.47 Å². The van der Waals surface area contributed by atoms with E-state index >= 15 is 0 Å². The first-order valence-electron chi connectivity index (χ1n) is 6.35. The molecule has 0 saturated carbocycles. The van der Waals surface area contributed by atoms with Crippen LogP contribution in [-0.2, 0) is 4.74 Å². The zero-order chi connectivity index (χ0) is 14.4. The maximum atomic E-state index is 5.65. The molecule has 0 fully saturated rings. The second-order valence-electron chi connectivity index (χ2n) is 4.43. The predicted octanol–water partition coefficient (Wildman–Crippen LogP) is 5.05.